The summed E-state index contributed by atoms with van der Waals surface area (Å²) in [7, 11) is 0. The zero-order valence-electron chi connectivity index (χ0n) is 7.40. The highest BCUT2D eigenvalue weighted by molar-refractivity contribution is 5.28. The van der Waals surface area contributed by atoms with Crippen LogP contribution < -0.4 is 10.6 Å². The average molecular weight is 179 g/mol. The van der Waals surface area contributed by atoms with Gasteiger partial charge >= 0.3 is 0 Å². The molecule has 1 aliphatic rings. The highest BCUT2D eigenvalue weighted by Gasteiger charge is 2.13. The lowest BCUT2D eigenvalue weighted by Gasteiger charge is -2.10. The lowest BCUT2D eigenvalue weighted by molar-refractivity contribution is 0.631. The average Bonchev–Trinajstić information content (AvgIpc) is 2.69. The highest BCUT2D eigenvalue weighted by atomic mass is 15.2. The normalized spacial score (nSPS) is 21.7. The first-order valence-corrected chi connectivity index (χ1v) is 4.55. The van der Waals surface area contributed by atoms with Gasteiger partial charge in [-0.25, -0.2) is 4.98 Å². The number of hydrogen-bond acceptors (Lipinski definition) is 5. The van der Waals surface area contributed by atoms with Gasteiger partial charge in [-0.1, -0.05) is 0 Å². The van der Waals surface area contributed by atoms with Crippen molar-refractivity contribution in [3.8, 4) is 0 Å². The molecule has 1 saturated heterocycles. The van der Waals surface area contributed by atoms with E-state index in [-0.39, 0.29) is 0 Å². The maximum Gasteiger partial charge on any atom is 0.167 e. The third kappa shape index (κ3) is 2.35. The molecule has 2 N–H and O–H groups in total. The fraction of sp³-hybridized carbons (Fsp3) is 0.625. The number of anilines is 1. The van der Waals surface area contributed by atoms with Gasteiger partial charge in [0.1, 0.15) is 6.33 Å². The topological polar surface area (TPSA) is 62.7 Å². The van der Waals surface area contributed by atoms with Crippen molar-refractivity contribution in [2.24, 2.45) is 0 Å². The number of nitrogens with zero attached hydrogens (tertiary/aromatic N) is 3. The molecule has 70 valence electrons. The molecule has 2 heterocycles. The monoisotopic (exact) mass is 179 g/mol. The van der Waals surface area contributed by atoms with Crippen molar-refractivity contribution in [2.75, 3.05) is 18.4 Å². The maximum atomic E-state index is 3.89. The first-order chi connectivity index (χ1) is 6.45. The summed E-state index contributed by atoms with van der Waals surface area (Å²) in [6.45, 7) is 2.03. The fourth-order valence-corrected chi connectivity index (χ4v) is 1.49. The van der Waals surface area contributed by atoms with Crippen molar-refractivity contribution < 1.29 is 0 Å². The molecule has 0 radical (unpaired) electrons. The van der Waals surface area contributed by atoms with Crippen LogP contribution in [-0.2, 0) is 0 Å². The summed E-state index contributed by atoms with van der Waals surface area (Å²) < 4.78 is 0. The Bertz CT molecular complexity index is 244. The van der Waals surface area contributed by atoms with Crippen LogP contribution in [0.5, 0.6) is 0 Å². The molecule has 0 aromatic carbocycles. The van der Waals surface area contributed by atoms with E-state index < -0.39 is 0 Å². The van der Waals surface area contributed by atoms with E-state index in [0.29, 0.717) is 6.04 Å². The standard InChI is InChI=1S/C8H13N5/c1-2-7(10-3-1)4-11-8-5-9-6-12-13-8/h5-7,10H,1-4H2,(H,11,13). The Morgan fingerprint density at radius 1 is 1.62 bits per heavy atom. The van der Waals surface area contributed by atoms with Crippen molar-refractivity contribution in [1.29, 1.82) is 0 Å². The first kappa shape index (κ1) is 8.37. The predicted molar refractivity (Wildman–Crippen MR) is 49.3 cm³/mol. The van der Waals surface area contributed by atoms with Crippen molar-refractivity contribution >= 4 is 5.82 Å². The molecule has 0 aliphatic carbocycles. The smallest absolute Gasteiger partial charge is 0.167 e. The second kappa shape index (κ2) is 4.13. The van der Waals surface area contributed by atoms with E-state index in [0.717, 1.165) is 18.9 Å². The van der Waals surface area contributed by atoms with Gasteiger partial charge in [-0.15, -0.1) is 10.2 Å². The summed E-state index contributed by atoms with van der Waals surface area (Å²) in [5.41, 5.74) is 0. The van der Waals surface area contributed by atoms with Gasteiger partial charge in [-0.05, 0) is 19.4 Å². The number of nitrogens with one attached hydrogen (secondary N) is 2. The van der Waals surface area contributed by atoms with Crippen LogP contribution >= 0.6 is 0 Å². The van der Waals surface area contributed by atoms with E-state index in [1.54, 1.807) is 6.20 Å². The van der Waals surface area contributed by atoms with Crippen LogP contribution in [0.15, 0.2) is 12.5 Å². The molecule has 13 heavy (non-hydrogen) atoms. The third-order valence-corrected chi connectivity index (χ3v) is 2.17. The third-order valence-electron chi connectivity index (χ3n) is 2.17. The van der Waals surface area contributed by atoms with Crippen molar-refractivity contribution in [2.45, 2.75) is 18.9 Å². The Balaban J connectivity index is 1.79. The largest absolute Gasteiger partial charge is 0.366 e. The Labute approximate surface area is 77.0 Å². The Morgan fingerprint density at radius 2 is 2.62 bits per heavy atom. The molecule has 5 nitrogen and oxygen atoms in total. The minimum atomic E-state index is 0.571. The summed E-state index contributed by atoms with van der Waals surface area (Å²) in [5.74, 6) is 0.746. The molecular weight excluding hydrogens is 166 g/mol. The van der Waals surface area contributed by atoms with E-state index in [1.807, 2.05) is 0 Å². The van der Waals surface area contributed by atoms with Crippen LogP contribution in [0.2, 0.25) is 0 Å². The summed E-state index contributed by atoms with van der Waals surface area (Å²) >= 11 is 0. The van der Waals surface area contributed by atoms with Crippen molar-refractivity contribution in [1.82, 2.24) is 20.5 Å². The molecular formula is C8H13N5. The molecule has 1 fully saturated rings. The van der Waals surface area contributed by atoms with Crippen LogP contribution in [0.1, 0.15) is 12.8 Å². The summed E-state index contributed by atoms with van der Waals surface area (Å²) in [4.78, 5) is 3.87. The molecule has 0 saturated carbocycles. The molecule has 0 amide bonds. The first-order valence-electron chi connectivity index (χ1n) is 4.55. The van der Waals surface area contributed by atoms with Gasteiger partial charge < -0.3 is 10.6 Å². The van der Waals surface area contributed by atoms with Gasteiger partial charge in [-0.2, -0.15) is 0 Å². The van der Waals surface area contributed by atoms with Crippen LogP contribution in [0.25, 0.3) is 0 Å². The zero-order chi connectivity index (χ0) is 8.93. The summed E-state index contributed by atoms with van der Waals surface area (Å²) in [6, 6.07) is 0.571. The van der Waals surface area contributed by atoms with Crippen LogP contribution in [0, 0.1) is 0 Å². The summed E-state index contributed by atoms with van der Waals surface area (Å²) in [6.07, 6.45) is 5.62. The number of rotatable bonds is 3. The minimum Gasteiger partial charge on any atom is -0.366 e. The molecule has 2 rings (SSSR count). The quantitative estimate of drug-likeness (QED) is 0.685. The fourth-order valence-electron chi connectivity index (χ4n) is 1.49. The van der Waals surface area contributed by atoms with Gasteiger partial charge in [0.25, 0.3) is 0 Å². The molecule has 0 spiro atoms. The van der Waals surface area contributed by atoms with E-state index in [9.17, 15) is 0 Å². The summed E-state index contributed by atoms with van der Waals surface area (Å²) in [5, 5.41) is 14.2. The second-order valence-electron chi connectivity index (χ2n) is 3.17. The van der Waals surface area contributed by atoms with Gasteiger partial charge in [0.2, 0.25) is 0 Å². The minimum absolute atomic E-state index is 0.571. The predicted octanol–water partition coefficient (Wildman–Crippen LogP) is 0.0355. The van der Waals surface area contributed by atoms with Gasteiger partial charge in [0.15, 0.2) is 5.82 Å². The Hall–Kier alpha value is -1.23. The van der Waals surface area contributed by atoms with Gasteiger partial charge in [0.05, 0.1) is 6.20 Å². The molecule has 1 unspecified atom stereocenters. The lowest BCUT2D eigenvalue weighted by atomic mass is 10.2. The SMILES string of the molecule is c1ncc(NCC2CCCN2)nn1. The van der Waals surface area contributed by atoms with E-state index in [4.69, 9.17) is 0 Å². The molecule has 1 aromatic heterocycles. The second-order valence-corrected chi connectivity index (χ2v) is 3.17. The van der Waals surface area contributed by atoms with Crippen LogP contribution in [-0.4, -0.2) is 34.3 Å². The number of aromatic nitrogens is 3. The molecule has 1 aliphatic heterocycles. The van der Waals surface area contributed by atoms with Crippen molar-refractivity contribution in [3.63, 3.8) is 0 Å². The highest BCUT2D eigenvalue weighted by Crippen LogP contribution is 2.05. The maximum absolute atomic E-state index is 3.89. The van der Waals surface area contributed by atoms with E-state index in [1.165, 1.54) is 19.2 Å². The van der Waals surface area contributed by atoms with E-state index >= 15 is 0 Å². The van der Waals surface area contributed by atoms with E-state index in [2.05, 4.69) is 25.8 Å². The Kier molecular flexibility index (Phi) is 2.66. The van der Waals surface area contributed by atoms with Crippen LogP contribution in [0.3, 0.4) is 0 Å². The lowest BCUT2D eigenvalue weighted by Crippen LogP contribution is -2.29. The zero-order valence-corrected chi connectivity index (χ0v) is 7.40. The van der Waals surface area contributed by atoms with Crippen LogP contribution in [0.4, 0.5) is 5.82 Å². The molecule has 0 bridgehead atoms. The molecule has 5 heteroatoms. The molecule has 1 atom stereocenters. The van der Waals surface area contributed by atoms with Crippen molar-refractivity contribution in [3.05, 3.63) is 12.5 Å². The van der Waals surface area contributed by atoms with Gasteiger partial charge in [-0.3, -0.25) is 0 Å². The molecule has 1 aromatic rings. The Morgan fingerprint density at radius 3 is 3.31 bits per heavy atom. The number of hydrogen-bond donors (Lipinski definition) is 2. The van der Waals surface area contributed by atoms with Gasteiger partial charge in [0, 0.05) is 12.6 Å².